The molecule has 2 aromatic heterocycles. The Bertz CT molecular complexity index is 657. The standard InChI is InChI=1S/C16H25N5O2/c1-10-18-15(20-19-10)12-6-11(22-5)8-21(12)9-14-17-7-13(23-14)16(2,3)4/h7,11-12H,6,8-9H2,1-5H3,(H,18,19,20)/t11-,12+/m1/s1. The van der Waals surface area contributed by atoms with Crippen LogP contribution in [0.1, 0.15) is 56.5 Å². The van der Waals surface area contributed by atoms with Crippen LogP contribution < -0.4 is 0 Å². The van der Waals surface area contributed by atoms with Gasteiger partial charge in [0.05, 0.1) is 24.9 Å². The number of oxazole rings is 1. The van der Waals surface area contributed by atoms with Crippen LogP contribution in [0.25, 0.3) is 0 Å². The second kappa shape index (κ2) is 6.05. The minimum Gasteiger partial charge on any atom is -0.444 e. The third-order valence-electron chi connectivity index (χ3n) is 4.24. The quantitative estimate of drug-likeness (QED) is 0.932. The highest BCUT2D eigenvalue weighted by Crippen LogP contribution is 2.33. The van der Waals surface area contributed by atoms with Crippen LogP contribution in [0, 0.1) is 6.92 Å². The Morgan fingerprint density at radius 2 is 2.22 bits per heavy atom. The first kappa shape index (κ1) is 16.1. The molecule has 0 spiro atoms. The summed E-state index contributed by atoms with van der Waals surface area (Å²) < 4.78 is 11.5. The molecule has 3 rings (SSSR count). The third kappa shape index (κ3) is 3.45. The van der Waals surface area contributed by atoms with E-state index in [1.807, 2.05) is 13.1 Å². The number of hydrogen-bond donors (Lipinski definition) is 1. The van der Waals surface area contributed by atoms with Gasteiger partial charge >= 0.3 is 0 Å². The lowest BCUT2D eigenvalue weighted by molar-refractivity contribution is 0.105. The highest BCUT2D eigenvalue weighted by Gasteiger charge is 2.36. The summed E-state index contributed by atoms with van der Waals surface area (Å²) in [6, 6.07) is 0.120. The molecule has 7 heteroatoms. The lowest BCUT2D eigenvalue weighted by atomic mass is 9.94. The average molecular weight is 319 g/mol. The van der Waals surface area contributed by atoms with Crippen LogP contribution >= 0.6 is 0 Å². The van der Waals surface area contributed by atoms with Gasteiger partial charge < -0.3 is 9.15 Å². The van der Waals surface area contributed by atoms with Gasteiger partial charge in [-0.2, -0.15) is 5.10 Å². The number of H-pyrrole nitrogens is 1. The predicted molar refractivity (Wildman–Crippen MR) is 84.9 cm³/mol. The molecule has 0 bridgehead atoms. The second-order valence-electron chi connectivity index (χ2n) is 7.19. The van der Waals surface area contributed by atoms with Crippen molar-refractivity contribution < 1.29 is 9.15 Å². The molecule has 1 fully saturated rings. The smallest absolute Gasteiger partial charge is 0.208 e. The SMILES string of the molecule is CO[C@@H]1C[C@@H](c2n[nH]c(C)n2)N(Cc2ncc(C(C)(C)C)o2)C1. The van der Waals surface area contributed by atoms with Gasteiger partial charge in [-0.3, -0.25) is 10.00 Å². The lowest BCUT2D eigenvalue weighted by Crippen LogP contribution is -2.25. The van der Waals surface area contributed by atoms with Crippen molar-refractivity contribution in [2.45, 2.75) is 58.2 Å². The number of nitrogens with zero attached hydrogens (tertiary/aromatic N) is 4. The summed E-state index contributed by atoms with van der Waals surface area (Å²) >= 11 is 0. The van der Waals surface area contributed by atoms with Crippen molar-refractivity contribution in [2.24, 2.45) is 0 Å². The van der Waals surface area contributed by atoms with Crippen molar-refractivity contribution in [3.8, 4) is 0 Å². The molecule has 0 aliphatic carbocycles. The van der Waals surface area contributed by atoms with E-state index in [1.165, 1.54) is 0 Å². The van der Waals surface area contributed by atoms with E-state index in [2.05, 4.69) is 45.8 Å². The summed E-state index contributed by atoms with van der Waals surface area (Å²) in [7, 11) is 1.75. The number of rotatable bonds is 4. The molecule has 0 aromatic carbocycles. The Hall–Kier alpha value is -1.73. The molecule has 1 N–H and O–H groups in total. The number of methoxy groups -OCH3 is 1. The van der Waals surface area contributed by atoms with Gasteiger partial charge in [-0.05, 0) is 13.3 Å². The van der Waals surface area contributed by atoms with Gasteiger partial charge in [-0.25, -0.2) is 9.97 Å². The van der Waals surface area contributed by atoms with E-state index in [1.54, 1.807) is 7.11 Å². The maximum atomic E-state index is 5.93. The van der Waals surface area contributed by atoms with Gasteiger partial charge in [-0.1, -0.05) is 20.8 Å². The van der Waals surface area contributed by atoms with E-state index in [0.29, 0.717) is 6.54 Å². The highest BCUT2D eigenvalue weighted by molar-refractivity contribution is 5.07. The fraction of sp³-hybridized carbons (Fsp3) is 0.688. The number of hydrogen-bond acceptors (Lipinski definition) is 6. The van der Waals surface area contributed by atoms with E-state index >= 15 is 0 Å². The Morgan fingerprint density at radius 1 is 1.43 bits per heavy atom. The fourth-order valence-corrected chi connectivity index (χ4v) is 2.89. The molecular formula is C16H25N5O2. The minimum atomic E-state index is -0.0361. The maximum Gasteiger partial charge on any atom is 0.208 e. The fourth-order valence-electron chi connectivity index (χ4n) is 2.89. The van der Waals surface area contributed by atoms with Gasteiger partial charge in [0.1, 0.15) is 11.6 Å². The molecule has 0 saturated carbocycles. The van der Waals surface area contributed by atoms with E-state index in [-0.39, 0.29) is 17.6 Å². The van der Waals surface area contributed by atoms with E-state index in [4.69, 9.17) is 9.15 Å². The molecule has 126 valence electrons. The topological polar surface area (TPSA) is 80.1 Å². The van der Waals surface area contributed by atoms with Crippen molar-refractivity contribution in [3.05, 3.63) is 29.5 Å². The monoisotopic (exact) mass is 319 g/mol. The number of aromatic amines is 1. The van der Waals surface area contributed by atoms with Crippen molar-refractivity contribution >= 4 is 0 Å². The zero-order valence-corrected chi connectivity index (χ0v) is 14.5. The van der Waals surface area contributed by atoms with Crippen LogP contribution in [0.2, 0.25) is 0 Å². The largest absolute Gasteiger partial charge is 0.444 e. The summed E-state index contributed by atoms with van der Waals surface area (Å²) in [6.45, 7) is 9.72. The predicted octanol–water partition coefficient (Wildman–Crippen LogP) is 2.36. The molecule has 0 amide bonds. The van der Waals surface area contributed by atoms with Crippen molar-refractivity contribution in [1.29, 1.82) is 0 Å². The second-order valence-corrected chi connectivity index (χ2v) is 7.19. The third-order valence-corrected chi connectivity index (χ3v) is 4.24. The molecule has 1 aliphatic rings. The van der Waals surface area contributed by atoms with Crippen LogP contribution in [0.3, 0.4) is 0 Å². The van der Waals surface area contributed by atoms with E-state index in [9.17, 15) is 0 Å². The Labute approximate surface area is 136 Å². The summed E-state index contributed by atoms with van der Waals surface area (Å²) in [5.41, 5.74) is -0.0361. The number of aromatic nitrogens is 4. The summed E-state index contributed by atoms with van der Waals surface area (Å²) in [4.78, 5) is 11.2. The number of ether oxygens (including phenoxy) is 1. The highest BCUT2D eigenvalue weighted by atomic mass is 16.5. The van der Waals surface area contributed by atoms with Crippen molar-refractivity contribution in [3.63, 3.8) is 0 Å². The number of aryl methyl sites for hydroxylation is 1. The molecule has 1 aliphatic heterocycles. The molecule has 0 radical (unpaired) electrons. The zero-order chi connectivity index (χ0) is 16.6. The van der Waals surface area contributed by atoms with Crippen molar-refractivity contribution in [2.75, 3.05) is 13.7 Å². The van der Waals surface area contributed by atoms with Crippen LogP contribution in [-0.2, 0) is 16.7 Å². The first-order chi connectivity index (χ1) is 10.9. The number of nitrogens with one attached hydrogen (secondary N) is 1. The molecule has 1 saturated heterocycles. The Balaban J connectivity index is 1.77. The molecule has 7 nitrogen and oxygen atoms in total. The molecule has 23 heavy (non-hydrogen) atoms. The van der Waals surface area contributed by atoms with Gasteiger partial charge in [0.15, 0.2) is 5.82 Å². The Morgan fingerprint density at radius 3 is 2.78 bits per heavy atom. The molecule has 2 aromatic rings. The van der Waals surface area contributed by atoms with E-state index < -0.39 is 0 Å². The first-order valence-electron chi connectivity index (χ1n) is 7.97. The van der Waals surface area contributed by atoms with Gasteiger partial charge in [-0.15, -0.1) is 0 Å². The Kier molecular flexibility index (Phi) is 4.25. The van der Waals surface area contributed by atoms with Crippen LogP contribution in [0.15, 0.2) is 10.6 Å². The molecule has 3 heterocycles. The molecular weight excluding hydrogens is 294 g/mol. The van der Waals surface area contributed by atoms with Gasteiger partial charge in [0.2, 0.25) is 5.89 Å². The lowest BCUT2D eigenvalue weighted by Gasteiger charge is -2.20. The zero-order valence-electron chi connectivity index (χ0n) is 14.5. The average Bonchev–Trinajstić information content (AvgIpc) is 3.17. The van der Waals surface area contributed by atoms with Gasteiger partial charge in [0, 0.05) is 19.1 Å². The van der Waals surface area contributed by atoms with Crippen LogP contribution in [-0.4, -0.2) is 44.8 Å². The normalized spacial score (nSPS) is 22.8. The van der Waals surface area contributed by atoms with E-state index in [0.717, 1.165) is 36.3 Å². The summed E-state index contributed by atoms with van der Waals surface area (Å²) in [5, 5.41) is 7.24. The summed E-state index contributed by atoms with van der Waals surface area (Å²) in [5.74, 6) is 3.26. The van der Waals surface area contributed by atoms with Crippen LogP contribution in [0.5, 0.6) is 0 Å². The number of likely N-dealkylation sites (tertiary alicyclic amines) is 1. The maximum absolute atomic E-state index is 5.93. The minimum absolute atomic E-state index is 0.0361. The molecule has 0 unspecified atom stereocenters. The summed E-state index contributed by atoms with van der Waals surface area (Å²) in [6.07, 6.45) is 2.88. The van der Waals surface area contributed by atoms with Gasteiger partial charge in [0.25, 0.3) is 0 Å². The van der Waals surface area contributed by atoms with Crippen molar-refractivity contribution in [1.82, 2.24) is 25.1 Å². The van der Waals surface area contributed by atoms with Crippen LogP contribution in [0.4, 0.5) is 0 Å². The first-order valence-corrected chi connectivity index (χ1v) is 7.97. The molecule has 2 atom stereocenters.